The second kappa shape index (κ2) is 7.17. The van der Waals surface area contributed by atoms with Crippen molar-refractivity contribution in [2.24, 2.45) is 0 Å². The van der Waals surface area contributed by atoms with Crippen LogP contribution in [-0.2, 0) is 9.47 Å². The Kier molecular flexibility index (Phi) is 6.13. The van der Waals surface area contributed by atoms with Crippen LogP contribution in [0.2, 0.25) is 10.3 Å². The number of nitrogens with zero attached hydrogens (tertiary/aromatic N) is 2. The molecule has 0 unspecified atom stereocenters. The molecule has 0 spiro atoms. The Bertz CT molecular complexity index is 472. The van der Waals surface area contributed by atoms with Crippen molar-refractivity contribution in [1.29, 1.82) is 0 Å². The molecule has 0 aliphatic carbocycles. The van der Waals surface area contributed by atoms with Crippen molar-refractivity contribution in [3.63, 3.8) is 0 Å². The Morgan fingerprint density at radius 1 is 1.30 bits per heavy atom. The van der Waals surface area contributed by atoms with E-state index in [0.717, 1.165) is 0 Å². The zero-order valence-corrected chi connectivity index (χ0v) is 13.1. The van der Waals surface area contributed by atoms with Crippen LogP contribution in [0.25, 0.3) is 0 Å². The van der Waals surface area contributed by atoms with Crippen molar-refractivity contribution in [2.75, 3.05) is 19.5 Å². The average molecular weight is 322 g/mol. The number of hydrogen-bond acceptors (Lipinski definition) is 6. The third-order valence-corrected chi connectivity index (χ3v) is 3.15. The van der Waals surface area contributed by atoms with Gasteiger partial charge in [-0.15, -0.1) is 0 Å². The first-order chi connectivity index (χ1) is 9.26. The van der Waals surface area contributed by atoms with Crippen LogP contribution >= 0.6 is 23.2 Å². The van der Waals surface area contributed by atoms with Gasteiger partial charge in [0, 0.05) is 13.5 Å². The monoisotopic (exact) mass is 321 g/mol. The molecule has 2 N–H and O–H groups in total. The van der Waals surface area contributed by atoms with E-state index in [4.69, 9.17) is 38.4 Å². The molecule has 20 heavy (non-hydrogen) atoms. The Balaban J connectivity index is 2.56. The summed E-state index contributed by atoms with van der Waals surface area (Å²) in [4.78, 5) is 19.4. The number of hydrogen-bond donors (Lipinski definition) is 1. The van der Waals surface area contributed by atoms with E-state index in [9.17, 15) is 4.79 Å². The Labute approximate surface area is 127 Å². The number of ether oxygens (including phenoxy) is 2. The van der Waals surface area contributed by atoms with Crippen LogP contribution in [-0.4, -0.2) is 35.3 Å². The summed E-state index contributed by atoms with van der Waals surface area (Å²) in [7, 11) is 1.55. The number of anilines is 1. The minimum atomic E-state index is -0.678. The van der Waals surface area contributed by atoms with E-state index in [-0.39, 0.29) is 34.0 Å². The van der Waals surface area contributed by atoms with Gasteiger partial charge in [0.05, 0.1) is 12.2 Å². The first kappa shape index (κ1) is 17.1. The second-order valence-corrected chi connectivity index (χ2v) is 5.23. The lowest BCUT2D eigenvalue weighted by molar-refractivity contribution is -0.197. The molecule has 0 aromatic carbocycles. The predicted molar refractivity (Wildman–Crippen MR) is 77.1 cm³/mol. The van der Waals surface area contributed by atoms with Crippen LogP contribution in [0.1, 0.15) is 37.0 Å². The van der Waals surface area contributed by atoms with Gasteiger partial charge in [0.25, 0.3) is 0 Å². The summed E-state index contributed by atoms with van der Waals surface area (Å²) in [5.74, 6) is -0.997. The zero-order valence-electron chi connectivity index (χ0n) is 11.6. The van der Waals surface area contributed by atoms with E-state index in [2.05, 4.69) is 9.97 Å². The highest BCUT2D eigenvalue weighted by molar-refractivity contribution is 6.38. The molecule has 0 saturated carbocycles. The number of Topliss-reactive ketones (excluding diaryl/α,β-unsaturated/α-hetero) is 1. The molecule has 0 fully saturated rings. The molecule has 1 heterocycles. The van der Waals surface area contributed by atoms with Crippen molar-refractivity contribution in [1.82, 2.24) is 9.97 Å². The van der Waals surface area contributed by atoms with E-state index in [1.54, 1.807) is 21.0 Å². The summed E-state index contributed by atoms with van der Waals surface area (Å²) < 4.78 is 10.6. The molecule has 0 bridgehead atoms. The van der Waals surface area contributed by atoms with Crippen molar-refractivity contribution in [3.8, 4) is 0 Å². The smallest absolute Gasteiger partial charge is 0.222 e. The van der Waals surface area contributed by atoms with Gasteiger partial charge in [-0.2, -0.15) is 0 Å². The number of halogens is 2. The summed E-state index contributed by atoms with van der Waals surface area (Å²) in [5, 5.41) is -0.0729. The SMILES string of the molecule is COC(C)(C)OCCCC(=O)c1c(Cl)nc(N)nc1Cl. The molecule has 1 rings (SSSR count). The molecule has 0 amide bonds. The molecular weight excluding hydrogens is 305 g/mol. The van der Waals surface area contributed by atoms with Crippen molar-refractivity contribution in [3.05, 3.63) is 15.9 Å². The number of nitrogen functional groups attached to an aromatic ring is 1. The minimum absolute atomic E-state index is 0.0364. The third kappa shape index (κ3) is 4.86. The maximum absolute atomic E-state index is 12.0. The number of carbonyl (C=O) groups is 1. The van der Waals surface area contributed by atoms with Gasteiger partial charge < -0.3 is 15.2 Å². The number of nitrogens with two attached hydrogens (primary N) is 1. The van der Waals surface area contributed by atoms with Gasteiger partial charge in [0.15, 0.2) is 11.6 Å². The molecular formula is C12H17Cl2N3O3. The van der Waals surface area contributed by atoms with Crippen LogP contribution in [0.3, 0.4) is 0 Å². The fourth-order valence-electron chi connectivity index (χ4n) is 1.39. The van der Waals surface area contributed by atoms with Crippen LogP contribution in [0.15, 0.2) is 0 Å². The normalized spacial score (nSPS) is 11.7. The number of methoxy groups -OCH3 is 1. The summed E-state index contributed by atoms with van der Waals surface area (Å²) in [6, 6.07) is 0. The van der Waals surface area contributed by atoms with Gasteiger partial charge in [-0.05, 0) is 20.3 Å². The summed E-state index contributed by atoms with van der Waals surface area (Å²) >= 11 is 11.7. The van der Waals surface area contributed by atoms with Gasteiger partial charge in [0.2, 0.25) is 5.95 Å². The molecule has 112 valence electrons. The van der Waals surface area contributed by atoms with Gasteiger partial charge >= 0.3 is 0 Å². The van der Waals surface area contributed by atoms with Crippen molar-refractivity contribution >= 4 is 34.9 Å². The molecule has 0 atom stereocenters. The molecule has 0 saturated heterocycles. The predicted octanol–water partition coefficient (Wildman–Crippen LogP) is 2.73. The largest absolute Gasteiger partial charge is 0.368 e. The minimum Gasteiger partial charge on any atom is -0.368 e. The van der Waals surface area contributed by atoms with Crippen molar-refractivity contribution < 1.29 is 14.3 Å². The maximum atomic E-state index is 12.0. The topological polar surface area (TPSA) is 87.3 Å². The highest BCUT2D eigenvalue weighted by atomic mass is 35.5. The molecule has 6 nitrogen and oxygen atoms in total. The Hall–Kier alpha value is -0.950. The lowest BCUT2D eigenvalue weighted by atomic mass is 10.1. The van der Waals surface area contributed by atoms with Crippen LogP contribution in [0.5, 0.6) is 0 Å². The van der Waals surface area contributed by atoms with Gasteiger partial charge in [-0.3, -0.25) is 4.79 Å². The molecule has 0 aliphatic rings. The lowest BCUT2D eigenvalue weighted by Crippen LogP contribution is -2.27. The quantitative estimate of drug-likeness (QED) is 0.359. The molecule has 0 radical (unpaired) electrons. The number of aromatic nitrogens is 2. The zero-order chi connectivity index (χ0) is 15.3. The Morgan fingerprint density at radius 3 is 2.35 bits per heavy atom. The molecule has 8 heteroatoms. The van der Waals surface area contributed by atoms with Gasteiger partial charge in [-0.1, -0.05) is 23.2 Å². The van der Waals surface area contributed by atoms with Crippen LogP contribution < -0.4 is 5.73 Å². The average Bonchev–Trinajstić information content (AvgIpc) is 2.33. The van der Waals surface area contributed by atoms with E-state index in [0.29, 0.717) is 13.0 Å². The fourth-order valence-corrected chi connectivity index (χ4v) is 2.00. The Morgan fingerprint density at radius 2 is 1.85 bits per heavy atom. The van der Waals surface area contributed by atoms with Crippen LogP contribution in [0.4, 0.5) is 5.95 Å². The lowest BCUT2D eigenvalue weighted by Gasteiger charge is -2.23. The first-order valence-electron chi connectivity index (χ1n) is 5.97. The molecule has 1 aromatic heterocycles. The van der Waals surface area contributed by atoms with Crippen LogP contribution in [0, 0.1) is 0 Å². The van der Waals surface area contributed by atoms with Crippen molar-refractivity contribution in [2.45, 2.75) is 32.5 Å². The number of ketones is 1. The summed E-state index contributed by atoms with van der Waals surface area (Å²) in [5.41, 5.74) is 5.47. The van der Waals surface area contributed by atoms with E-state index in [1.807, 2.05) is 0 Å². The van der Waals surface area contributed by atoms with Gasteiger partial charge in [-0.25, -0.2) is 9.97 Å². The number of rotatable bonds is 7. The highest BCUT2D eigenvalue weighted by Gasteiger charge is 2.19. The highest BCUT2D eigenvalue weighted by Crippen LogP contribution is 2.24. The standard InChI is InChI=1S/C12H17Cl2N3O3/c1-12(2,19-3)20-6-4-5-7(18)8-9(13)16-11(15)17-10(8)14/h4-6H2,1-3H3,(H2,15,16,17). The van der Waals surface area contributed by atoms with E-state index in [1.165, 1.54) is 0 Å². The third-order valence-electron chi connectivity index (χ3n) is 2.61. The maximum Gasteiger partial charge on any atom is 0.222 e. The second-order valence-electron chi connectivity index (χ2n) is 4.52. The summed E-state index contributed by atoms with van der Waals surface area (Å²) in [6.45, 7) is 3.95. The molecule has 1 aromatic rings. The van der Waals surface area contributed by atoms with E-state index >= 15 is 0 Å². The molecule has 0 aliphatic heterocycles. The summed E-state index contributed by atoms with van der Waals surface area (Å²) in [6.07, 6.45) is 0.717. The van der Waals surface area contributed by atoms with E-state index < -0.39 is 5.79 Å². The first-order valence-corrected chi connectivity index (χ1v) is 6.73. The van der Waals surface area contributed by atoms with Gasteiger partial charge in [0.1, 0.15) is 10.3 Å². The fraction of sp³-hybridized carbons (Fsp3) is 0.583. The number of carbonyl (C=O) groups excluding carboxylic acids is 1.